The summed E-state index contributed by atoms with van der Waals surface area (Å²) in [6.45, 7) is 0.489. The molecule has 2 aliphatic rings. The molecule has 0 amide bonds. The molecule has 1 heterocycles. The summed E-state index contributed by atoms with van der Waals surface area (Å²) in [5.41, 5.74) is 8.70. The van der Waals surface area contributed by atoms with Gasteiger partial charge in [-0.1, -0.05) is 48.5 Å². The molecule has 2 aromatic carbocycles. The molecular weight excluding hydrogens is 356 g/mol. The Morgan fingerprint density at radius 3 is 2.29 bits per heavy atom. The molecule has 0 unspecified atom stereocenters. The minimum absolute atomic E-state index is 0.00919. The van der Waals surface area contributed by atoms with E-state index in [1.165, 1.54) is 11.1 Å². The maximum Gasteiger partial charge on any atom is 0.323 e. The standard InChI is InChI=1S/C22H24N2O4/c23-14-9-10-24(12-21(25)26)20(11-14)22(27)28-13-19-17-7-3-1-5-15(17)16-6-2-4-8-18(16)19/h1-8,14,19-20H,9-13,23H2,(H,25,26)/t14-,20-/m1/s1. The maximum atomic E-state index is 12.8. The van der Waals surface area contributed by atoms with Gasteiger partial charge < -0.3 is 20.4 Å². The van der Waals surface area contributed by atoms with Crippen molar-refractivity contribution in [2.24, 2.45) is 0 Å². The molecule has 3 N–H and O–H groups in total. The van der Waals surface area contributed by atoms with Crippen LogP contribution in [0, 0.1) is 0 Å². The lowest BCUT2D eigenvalue weighted by Gasteiger charge is -2.35. The fourth-order valence-electron chi connectivity index (χ4n) is 4.39. The van der Waals surface area contributed by atoms with E-state index in [9.17, 15) is 14.7 Å². The molecule has 0 saturated carbocycles. The normalized spacial score (nSPS) is 21.8. The summed E-state index contributed by atoms with van der Waals surface area (Å²) < 4.78 is 5.72. The predicted molar refractivity (Wildman–Crippen MR) is 101 cm³/mol. The first-order valence-electron chi connectivity index (χ1n) is 9.66. The molecule has 6 heteroatoms. The second-order valence-corrected chi connectivity index (χ2v) is 7.61. The molecule has 0 bridgehead atoms. The summed E-state index contributed by atoms with van der Waals surface area (Å²) in [7, 11) is 0. The summed E-state index contributed by atoms with van der Waals surface area (Å²) in [5.74, 6) is -1.57. The number of carbonyl (C=O) groups is 2. The lowest BCUT2D eigenvalue weighted by atomic mass is 9.97. The number of ether oxygens (including phenoxy) is 1. The second-order valence-electron chi connectivity index (χ2n) is 7.61. The summed E-state index contributed by atoms with van der Waals surface area (Å²) in [4.78, 5) is 25.5. The lowest BCUT2D eigenvalue weighted by Crippen LogP contribution is -2.67. The topological polar surface area (TPSA) is 97.3 Å². The van der Waals surface area contributed by atoms with Crippen molar-refractivity contribution in [2.75, 3.05) is 19.7 Å². The van der Waals surface area contributed by atoms with Gasteiger partial charge in [-0.3, -0.25) is 9.69 Å². The molecule has 146 valence electrons. The van der Waals surface area contributed by atoms with Gasteiger partial charge in [-0.05, 0) is 22.3 Å². The summed E-state index contributed by atoms with van der Waals surface area (Å²) >= 11 is 0. The Morgan fingerprint density at radius 2 is 1.68 bits per heavy atom. The Hall–Kier alpha value is -2.70. The number of likely N-dealkylation sites (tertiary alicyclic amines) is 1. The van der Waals surface area contributed by atoms with E-state index in [1.54, 1.807) is 4.90 Å². The summed E-state index contributed by atoms with van der Waals surface area (Å²) in [5, 5.41) is 11.0. The highest BCUT2D eigenvalue weighted by Gasteiger charge is 2.36. The van der Waals surface area contributed by atoms with Crippen LogP contribution in [0.2, 0.25) is 0 Å². The number of hydrogen-bond acceptors (Lipinski definition) is 5. The number of hydrogen-bond donors (Lipinski definition) is 1. The minimum Gasteiger partial charge on any atom is -0.549 e. The Labute approximate surface area is 163 Å². The van der Waals surface area contributed by atoms with E-state index in [0.29, 0.717) is 13.0 Å². The van der Waals surface area contributed by atoms with Crippen LogP contribution in [-0.4, -0.2) is 48.6 Å². The highest BCUT2D eigenvalue weighted by Crippen LogP contribution is 2.44. The number of aliphatic carboxylic acids is 1. The van der Waals surface area contributed by atoms with Crippen LogP contribution in [0.4, 0.5) is 0 Å². The van der Waals surface area contributed by atoms with Crippen LogP contribution in [0.3, 0.4) is 0 Å². The molecule has 1 aliphatic carbocycles. The van der Waals surface area contributed by atoms with Gasteiger partial charge in [0.15, 0.2) is 0 Å². The van der Waals surface area contributed by atoms with Gasteiger partial charge in [0.05, 0.1) is 12.0 Å². The first kappa shape index (κ1) is 18.7. The molecule has 4 rings (SSSR count). The zero-order chi connectivity index (χ0) is 19.7. The van der Waals surface area contributed by atoms with E-state index in [1.807, 2.05) is 24.3 Å². The van der Waals surface area contributed by atoms with Crippen LogP contribution < -0.4 is 10.8 Å². The molecule has 1 aliphatic heterocycles. The second kappa shape index (κ2) is 7.73. The van der Waals surface area contributed by atoms with Crippen molar-refractivity contribution in [3.8, 4) is 11.1 Å². The Morgan fingerprint density at radius 1 is 1.07 bits per heavy atom. The SMILES string of the molecule is [NH3+][C@@H]1CCN(CC(=O)[O-])[C@@H](C(=O)OCC2c3ccccc3-c3ccccc32)C1. The fraction of sp³-hybridized carbons (Fsp3) is 0.364. The van der Waals surface area contributed by atoms with Crippen LogP contribution in [0.1, 0.15) is 29.9 Å². The average Bonchev–Trinajstić information content (AvgIpc) is 3.01. The molecule has 28 heavy (non-hydrogen) atoms. The van der Waals surface area contributed by atoms with Crippen LogP contribution >= 0.6 is 0 Å². The van der Waals surface area contributed by atoms with E-state index >= 15 is 0 Å². The van der Waals surface area contributed by atoms with Gasteiger partial charge >= 0.3 is 5.97 Å². The van der Waals surface area contributed by atoms with Crippen molar-refractivity contribution < 1.29 is 25.2 Å². The van der Waals surface area contributed by atoms with Gasteiger partial charge in [0, 0.05) is 31.8 Å². The highest BCUT2D eigenvalue weighted by molar-refractivity contribution is 5.80. The number of quaternary nitrogens is 1. The maximum absolute atomic E-state index is 12.8. The average molecular weight is 380 g/mol. The van der Waals surface area contributed by atoms with Crippen molar-refractivity contribution in [2.45, 2.75) is 30.8 Å². The number of rotatable bonds is 5. The third kappa shape index (κ3) is 3.53. The number of carboxylic acid groups (broad SMARTS) is 1. The zero-order valence-electron chi connectivity index (χ0n) is 15.7. The smallest absolute Gasteiger partial charge is 0.323 e. The van der Waals surface area contributed by atoms with E-state index in [4.69, 9.17) is 4.74 Å². The molecule has 1 saturated heterocycles. The van der Waals surface area contributed by atoms with E-state index in [-0.39, 0.29) is 31.1 Å². The van der Waals surface area contributed by atoms with Crippen molar-refractivity contribution in [1.29, 1.82) is 0 Å². The molecule has 2 aromatic rings. The highest BCUT2D eigenvalue weighted by atomic mass is 16.5. The Balaban J connectivity index is 1.51. The zero-order valence-corrected chi connectivity index (χ0v) is 15.7. The number of benzene rings is 2. The van der Waals surface area contributed by atoms with Gasteiger partial charge in [0.2, 0.25) is 0 Å². The van der Waals surface area contributed by atoms with Crippen molar-refractivity contribution in [1.82, 2.24) is 4.90 Å². The third-order valence-electron chi connectivity index (χ3n) is 5.78. The molecule has 0 radical (unpaired) electrons. The number of piperidine rings is 1. The first-order valence-corrected chi connectivity index (χ1v) is 9.66. The monoisotopic (exact) mass is 380 g/mol. The summed E-state index contributed by atoms with van der Waals surface area (Å²) in [6, 6.07) is 15.9. The van der Waals surface area contributed by atoms with Crippen LogP contribution in [0.25, 0.3) is 11.1 Å². The van der Waals surface area contributed by atoms with Crippen LogP contribution in [0.15, 0.2) is 48.5 Å². The molecule has 0 aromatic heterocycles. The Bertz CT molecular complexity index is 852. The van der Waals surface area contributed by atoms with E-state index in [0.717, 1.165) is 17.5 Å². The van der Waals surface area contributed by atoms with Gasteiger partial charge in [0.25, 0.3) is 0 Å². The van der Waals surface area contributed by atoms with Gasteiger partial charge in [0.1, 0.15) is 12.6 Å². The van der Waals surface area contributed by atoms with Crippen LogP contribution in [-0.2, 0) is 14.3 Å². The quantitative estimate of drug-likeness (QED) is 0.746. The van der Waals surface area contributed by atoms with Gasteiger partial charge in [-0.15, -0.1) is 0 Å². The van der Waals surface area contributed by atoms with Gasteiger partial charge in [-0.2, -0.15) is 0 Å². The third-order valence-corrected chi connectivity index (χ3v) is 5.78. The number of esters is 1. The molecule has 6 nitrogen and oxygen atoms in total. The van der Waals surface area contributed by atoms with Crippen LogP contribution in [0.5, 0.6) is 0 Å². The number of carbonyl (C=O) groups excluding carboxylic acids is 2. The number of nitrogens with zero attached hydrogens (tertiary/aromatic N) is 1. The van der Waals surface area contributed by atoms with Crippen molar-refractivity contribution >= 4 is 11.9 Å². The lowest BCUT2D eigenvalue weighted by molar-refractivity contribution is -0.428. The molecular formula is C22H24N2O4. The summed E-state index contributed by atoms with van der Waals surface area (Å²) in [6.07, 6.45) is 1.27. The predicted octanol–water partition coefficient (Wildman–Crippen LogP) is 0.167. The molecule has 2 atom stereocenters. The Kier molecular flexibility index (Phi) is 5.15. The van der Waals surface area contributed by atoms with Gasteiger partial charge in [-0.25, -0.2) is 0 Å². The van der Waals surface area contributed by atoms with E-state index < -0.39 is 12.0 Å². The molecule has 0 spiro atoms. The van der Waals surface area contributed by atoms with Crippen molar-refractivity contribution in [3.05, 3.63) is 59.7 Å². The minimum atomic E-state index is -1.18. The first-order chi connectivity index (χ1) is 13.5. The fourth-order valence-corrected chi connectivity index (χ4v) is 4.39. The van der Waals surface area contributed by atoms with Crippen molar-refractivity contribution in [3.63, 3.8) is 0 Å². The van der Waals surface area contributed by atoms with E-state index in [2.05, 4.69) is 30.0 Å². The largest absolute Gasteiger partial charge is 0.549 e. The number of fused-ring (bicyclic) bond motifs is 3. The number of carboxylic acids is 1. The molecule has 1 fully saturated rings.